The van der Waals surface area contributed by atoms with Gasteiger partial charge in [-0.25, -0.2) is 0 Å². The smallest absolute Gasteiger partial charge is 0.269 e. The second-order valence-electron chi connectivity index (χ2n) is 5.93. The number of nitro benzene ring substituents is 1. The van der Waals surface area contributed by atoms with Crippen molar-refractivity contribution in [3.8, 4) is 17.1 Å². The number of methoxy groups -OCH3 is 1. The number of hydrogen-bond acceptors (Lipinski definition) is 8. The van der Waals surface area contributed by atoms with Gasteiger partial charge in [-0.05, 0) is 29.8 Å². The molecule has 0 aliphatic heterocycles. The lowest BCUT2D eigenvalue weighted by Crippen LogP contribution is -2.24. The van der Waals surface area contributed by atoms with E-state index in [1.165, 1.54) is 23.9 Å². The number of carbonyl (C=O) groups is 1. The van der Waals surface area contributed by atoms with Crippen LogP contribution in [0.4, 0.5) is 5.69 Å². The van der Waals surface area contributed by atoms with E-state index >= 15 is 0 Å². The van der Waals surface area contributed by atoms with Gasteiger partial charge in [0.25, 0.3) is 5.69 Å². The van der Waals surface area contributed by atoms with Crippen molar-refractivity contribution < 1.29 is 19.0 Å². The van der Waals surface area contributed by atoms with Gasteiger partial charge in [0, 0.05) is 23.4 Å². The molecule has 2 aromatic carbocycles. The molecule has 0 aliphatic rings. The van der Waals surface area contributed by atoms with Crippen molar-refractivity contribution in [3.05, 3.63) is 70.1 Å². The number of benzene rings is 2. The number of amides is 1. The molecule has 1 N–H and O–H groups in total. The van der Waals surface area contributed by atoms with Gasteiger partial charge in [0.15, 0.2) is 0 Å². The average molecular weight is 414 g/mol. The molecule has 0 saturated carbocycles. The standard InChI is InChI=1S/C19H18N4O5S/c1-27-16-8-4-14(5-9-16)19-21-18(28-22-19)10-20-17(24)12-29-11-13-2-6-15(7-3-13)23(25)26/h2-9H,10-12H2,1H3,(H,20,24). The van der Waals surface area contributed by atoms with Gasteiger partial charge in [-0.3, -0.25) is 14.9 Å². The van der Waals surface area contributed by atoms with E-state index in [9.17, 15) is 14.9 Å². The molecule has 150 valence electrons. The predicted octanol–water partition coefficient (Wildman–Crippen LogP) is 3.20. The van der Waals surface area contributed by atoms with Crippen molar-refractivity contribution >= 4 is 23.4 Å². The van der Waals surface area contributed by atoms with Crippen LogP contribution in [0.2, 0.25) is 0 Å². The van der Waals surface area contributed by atoms with E-state index in [0.717, 1.165) is 16.9 Å². The van der Waals surface area contributed by atoms with Crippen molar-refractivity contribution in [1.82, 2.24) is 15.5 Å². The van der Waals surface area contributed by atoms with Gasteiger partial charge in [0.1, 0.15) is 5.75 Å². The van der Waals surface area contributed by atoms with Gasteiger partial charge >= 0.3 is 0 Å². The molecule has 0 atom stereocenters. The van der Waals surface area contributed by atoms with E-state index in [0.29, 0.717) is 17.5 Å². The largest absolute Gasteiger partial charge is 0.497 e. The molecule has 29 heavy (non-hydrogen) atoms. The van der Waals surface area contributed by atoms with Crippen LogP contribution >= 0.6 is 11.8 Å². The summed E-state index contributed by atoms with van der Waals surface area (Å²) in [7, 11) is 1.59. The van der Waals surface area contributed by atoms with Gasteiger partial charge in [-0.15, -0.1) is 11.8 Å². The molecule has 0 saturated heterocycles. The molecule has 0 spiro atoms. The van der Waals surface area contributed by atoms with Crippen LogP contribution in [0.5, 0.6) is 5.75 Å². The van der Waals surface area contributed by atoms with E-state index < -0.39 is 4.92 Å². The number of non-ortho nitro benzene ring substituents is 1. The summed E-state index contributed by atoms with van der Waals surface area (Å²) in [6, 6.07) is 13.5. The molecule has 0 aliphatic carbocycles. The number of carbonyl (C=O) groups excluding carboxylic acids is 1. The predicted molar refractivity (Wildman–Crippen MR) is 107 cm³/mol. The Kier molecular flexibility index (Phi) is 6.80. The topological polar surface area (TPSA) is 120 Å². The third-order valence-corrected chi connectivity index (χ3v) is 4.91. The fraction of sp³-hybridized carbons (Fsp3) is 0.211. The third-order valence-electron chi connectivity index (χ3n) is 3.90. The lowest BCUT2D eigenvalue weighted by Gasteiger charge is -2.03. The first-order chi connectivity index (χ1) is 14.0. The molecule has 1 aromatic heterocycles. The highest BCUT2D eigenvalue weighted by molar-refractivity contribution is 7.99. The first-order valence-corrected chi connectivity index (χ1v) is 9.75. The van der Waals surface area contributed by atoms with Crippen LogP contribution in [0.15, 0.2) is 53.1 Å². The Morgan fingerprint density at radius 3 is 2.59 bits per heavy atom. The molecule has 0 bridgehead atoms. The quantitative estimate of drug-likeness (QED) is 0.419. The van der Waals surface area contributed by atoms with Crippen molar-refractivity contribution in [2.24, 2.45) is 0 Å². The summed E-state index contributed by atoms with van der Waals surface area (Å²) in [5, 5.41) is 17.3. The molecule has 9 nitrogen and oxygen atoms in total. The average Bonchev–Trinajstić information content (AvgIpc) is 3.22. The van der Waals surface area contributed by atoms with Gasteiger partial charge < -0.3 is 14.6 Å². The molecular formula is C19H18N4O5S. The molecule has 1 heterocycles. The molecule has 3 aromatic rings. The molecule has 3 rings (SSSR count). The van der Waals surface area contributed by atoms with Crippen molar-refractivity contribution in [3.63, 3.8) is 0 Å². The Morgan fingerprint density at radius 2 is 1.93 bits per heavy atom. The summed E-state index contributed by atoms with van der Waals surface area (Å²) in [5.41, 5.74) is 1.74. The van der Waals surface area contributed by atoms with Crippen LogP contribution in [-0.2, 0) is 17.1 Å². The van der Waals surface area contributed by atoms with Crippen LogP contribution in [0.3, 0.4) is 0 Å². The Balaban J connectivity index is 1.42. The zero-order valence-corrected chi connectivity index (χ0v) is 16.3. The van der Waals surface area contributed by atoms with Crippen LogP contribution < -0.4 is 10.1 Å². The maximum Gasteiger partial charge on any atom is 0.269 e. The highest BCUT2D eigenvalue weighted by atomic mass is 32.2. The maximum atomic E-state index is 12.0. The van der Waals surface area contributed by atoms with Gasteiger partial charge in [-0.2, -0.15) is 4.98 Å². The summed E-state index contributed by atoms with van der Waals surface area (Å²) in [5.74, 6) is 2.13. The fourth-order valence-corrected chi connectivity index (χ4v) is 3.20. The lowest BCUT2D eigenvalue weighted by molar-refractivity contribution is -0.384. The van der Waals surface area contributed by atoms with Crippen LogP contribution in [-0.4, -0.2) is 33.8 Å². The Morgan fingerprint density at radius 1 is 1.21 bits per heavy atom. The lowest BCUT2D eigenvalue weighted by atomic mass is 10.2. The number of rotatable bonds is 9. The van der Waals surface area contributed by atoms with E-state index in [4.69, 9.17) is 9.26 Å². The summed E-state index contributed by atoms with van der Waals surface area (Å²) in [6.45, 7) is 0.139. The molecule has 0 fully saturated rings. The SMILES string of the molecule is COc1ccc(-c2noc(CNC(=O)CSCc3ccc([N+](=O)[O-])cc3)n2)cc1. The normalized spacial score (nSPS) is 10.5. The molecule has 1 amide bonds. The maximum absolute atomic E-state index is 12.0. The monoisotopic (exact) mass is 414 g/mol. The first kappa shape index (κ1) is 20.3. The zero-order valence-electron chi connectivity index (χ0n) is 15.5. The Labute approximate surface area is 170 Å². The number of nitrogens with zero attached hydrogens (tertiary/aromatic N) is 3. The number of hydrogen-bond donors (Lipinski definition) is 1. The minimum atomic E-state index is -0.443. The Bertz CT molecular complexity index is 973. The fourth-order valence-electron chi connectivity index (χ4n) is 2.38. The second-order valence-corrected chi connectivity index (χ2v) is 6.92. The highest BCUT2D eigenvalue weighted by Crippen LogP contribution is 2.20. The first-order valence-electron chi connectivity index (χ1n) is 8.60. The number of ether oxygens (including phenoxy) is 1. The minimum absolute atomic E-state index is 0.0464. The Hall–Kier alpha value is -3.40. The minimum Gasteiger partial charge on any atom is -0.497 e. The molecular weight excluding hydrogens is 396 g/mol. The second kappa shape index (κ2) is 9.69. The summed E-state index contributed by atoms with van der Waals surface area (Å²) in [4.78, 5) is 26.4. The van der Waals surface area contributed by atoms with Crippen molar-refractivity contribution in [1.29, 1.82) is 0 Å². The number of nitrogens with one attached hydrogen (secondary N) is 1. The number of aromatic nitrogens is 2. The van der Waals surface area contributed by atoms with Gasteiger partial charge in [0.05, 0.1) is 24.3 Å². The van der Waals surface area contributed by atoms with Crippen molar-refractivity contribution in [2.45, 2.75) is 12.3 Å². The van der Waals surface area contributed by atoms with Crippen LogP contribution in [0.25, 0.3) is 11.4 Å². The van der Waals surface area contributed by atoms with E-state index in [2.05, 4.69) is 15.5 Å². The summed E-state index contributed by atoms with van der Waals surface area (Å²) >= 11 is 1.41. The number of nitro groups is 1. The van der Waals surface area contributed by atoms with Gasteiger partial charge in [-0.1, -0.05) is 17.3 Å². The highest BCUT2D eigenvalue weighted by Gasteiger charge is 2.10. The zero-order chi connectivity index (χ0) is 20.6. The molecule has 0 radical (unpaired) electrons. The van der Waals surface area contributed by atoms with E-state index in [1.807, 2.05) is 12.1 Å². The van der Waals surface area contributed by atoms with E-state index in [1.54, 1.807) is 31.4 Å². The molecule has 0 unspecified atom stereocenters. The molecule has 10 heteroatoms. The van der Waals surface area contributed by atoms with E-state index in [-0.39, 0.29) is 23.9 Å². The van der Waals surface area contributed by atoms with Crippen LogP contribution in [0.1, 0.15) is 11.5 Å². The third kappa shape index (κ3) is 5.79. The van der Waals surface area contributed by atoms with Crippen molar-refractivity contribution in [2.75, 3.05) is 12.9 Å². The van der Waals surface area contributed by atoms with Crippen LogP contribution in [0, 0.1) is 10.1 Å². The summed E-state index contributed by atoms with van der Waals surface area (Å²) < 4.78 is 10.3. The summed E-state index contributed by atoms with van der Waals surface area (Å²) in [6.07, 6.45) is 0. The van der Waals surface area contributed by atoms with Gasteiger partial charge in [0.2, 0.25) is 17.6 Å². The number of thioether (sulfide) groups is 1.